The zero-order valence-electron chi connectivity index (χ0n) is 19.4. The van der Waals surface area contributed by atoms with Crippen molar-refractivity contribution in [2.75, 3.05) is 26.8 Å². The van der Waals surface area contributed by atoms with Crippen molar-refractivity contribution in [3.05, 3.63) is 67.1 Å². The van der Waals surface area contributed by atoms with Crippen molar-refractivity contribution >= 4 is 16.9 Å². The number of benzene rings is 2. The van der Waals surface area contributed by atoms with Crippen molar-refractivity contribution in [1.82, 2.24) is 24.6 Å². The fraction of sp³-hybridized carbons (Fsp3) is 0.259. The van der Waals surface area contributed by atoms with Gasteiger partial charge in [0, 0.05) is 32.0 Å². The van der Waals surface area contributed by atoms with Gasteiger partial charge in [0.2, 0.25) is 0 Å². The normalized spacial score (nSPS) is 13.9. The molecule has 0 bridgehead atoms. The molecule has 2 aromatic heterocycles. The average molecular weight is 468 g/mol. The summed E-state index contributed by atoms with van der Waals surface area (Å²) < 4.78 is 12.8. The van der Waals surface area contributed by atoms with Gasteiger partial charge in [-0.1, -0.05) is 24.1 Å². The van der Waals surface area contributed by atoms with Gasteiger partial charge in [-0.3, -0.25) is 4.79 Å². The summed E-state index contributed by atoms with van der Waals surface area (Å²) in [5, 5.41) is 5.85. The number of hydrogen-bond acceptors (Lipinski definition) is 6. The lowest BCUT2D eigenvalue weighted by molar-refractivity contribution is -0.126. The fourth-order valence-corrected chi connectivity index (χ4v) is 4.23. The van der Waals surface area contributed by atoms with Crippen LogP contribution in [0, 0.1) is 11.8 Å². The van der Waals surface area contributed by atoms with E-state index in [1.54, 1.807) is 24.5 Å². The molecular weight excluding hydrogens is 442 g/mol. The zero-order valence-corrected chi connectivity index (χ0v) is 19.4. The maximum absolute atomic E-state index is 12.3. The van der Waals surface area contributed by atoms with Crippen LogP contribution in [0.25, 0.3) is 22.3 Å². The summed E-state index contributed by atoms with van der Waals surface area (Å²) in [4.78, 5) is 22.8. The number of amides is 1. The van der Waals surface area contributed by atoms with E-state index in [2.05, 4.69) is 21.8 Å². The molecule has 0 saturated carbocycles. The number of carbonyl (C=O) groups is 1. The summed E-state index contributed by atoms with van der Waals surface area (Å²) in [6.07, 6.45) is 4.91. The zero-order chi connectivity index (χ0) is 24.0. The van der Waals surface area contributed by atoms with Crippen LogP contribution < -0.4 is 4.74 Å². The molecule has 1 aliphatic heterocycles. The topological polar surface area (TPSA) is 82.4 Å². The quantitative estimate of drug-likeness (QED) is 0.411. The highest BCUT2D eigenvalue weighted by Gasteiger charge is 2.26. The van der Waals surface area contributed by atoms with Gasteiger partial charge in [0.1, 0.15) is 30.1 Å². The summed E-state index contributed by atoms with van der Waals surface area (Å²) >= 11 is 0. The van der Waals surface area contributed by atoms with E-state index < -0.39 is 0 Å². The molecule has 0 radical (unpaired) electrons. The van der Waals surface area contributed by atoms with Gasteiger partial charge < -0.3 is 14.4 Å². The number of methoxy groups -OCH3 is 1. The monoisotopic (exact) mass is 467 g/mol. The molecule has 1 aliphatic rings. The summed E-state index contributed by atoms with van der Waals surface area (Å²) in [6.45, 7) is 1.50. The second-order valence-corrected chi connectivity index (χ2v) is 8.25. The van der Waals surface area contributed by atoms with E-state index in [0.29, 0.717) is 13.1 Å². The summed E-state index contributed by atoms with van der Waals surface area (Å²) in [5.41, 5.74) is 2.59. The lowest BCUT2D eigenvalue weighted by atomic mass is 10.1. The minimum atomic E-state index is -0.161. The van der Waals surface area contributed by atoms with Gasteiger partial charge in [0.15, 0.2) is 5.65 Å². The molecule has 0 unspecified atom stereocenters. The number of ether oxygens (including phenoxy) is 2. The number of carbonyl (C=O) groups excluding carboxylic acids is 1. The number of aromatic nitrogens is 4. The maximum atomic E-state index is 12.3. The first kappa shape index (κ1) is 22.6. The lowest BCUT2D eigenvalue weighted by Gasteiger charge is -2.30. The van der Waals surface area contributed by atoms with Crippen molar-refractivity contribution in [1.29, 1.82) is 0 Å². The van der Waals surface area contributed by atoms with Crippen LogP contribution in [0.15, 0.2) is 67.1 Å². The van der Waals surface area contributed by atoms with Gasteiger partial charge in [-0.25, -0.2) is 14.6 Å². The van der Waals surface area contributed by atoms with Gasteiger partial charge in [-0.15, -0.1) is 0 Å². The Morgan fingerprint density at radius 1 is 1.06 bits per heavy atom. The van der Waals surface area contributed by atoms with Crippen LogP contribution in [-0.4, -0.2) is 57.4 Å². The second-order valence-electron chi connectivity index (χ2n) is 8.25. The molecule has 8 heteroatoms. The van der Waals surface area contributed by atoms with E-state index in [9.17, 15) is 4.79 Å². The minimum absolute atomic E-state index is 0.137. The third-order valence-electron chi connectivity index (χ3n) is 5.99. The van der Waals surface area contributed by atoms with E-state index in [4.69, 9.17) is 14.6 Å². The highest BCUT2D eigenvalue weighted by molar-refractivity contribution is 5.93. The standard InChI is InChI=1S/C27H25N5O3/c1-34-17-5-8-25(33)31-15-13-21(14-16-31)32-27-24(18-28-19-29-27)26(30-32)20-9-11-23(12-10-20)35-22-6-3-2-4-7-22/h2-4,6-7,9-12,18-19,21H,13-17H2,1H3. The maximum Gasteiger partial charge on any atom is 0.298 e. The molecule has 1 fully saturated rings. The predicted octanol–water partition coefficient (Wildman–Crippen LogP) is 4.10. The Labute approximate surface area is 203 Å². The number of para-hydroxylation sites is 1. The van der Waals surface area contributed by atoms with Gasteiger partial charge in [-0.05, 0) is 55.2 Å². The van der Waals surface area contributed by atoms with Crippen LogP contribution in [-0.2, 0) is 9.53 Å². The second kappa shape index (κ2) is 10.4. The summed E-state index contributed by atoms with van der Waals surface area (Å²) in [7, 11) is 1.56. The molecule has 1 amide bonds. The fourth-order valence-electron chi connectivity index (χ4n) is 4.23. The number of fused-ring (bicyclic) bond motifs is 1. The predicted molar refractivity (Wildman–Crippen MR) is 132 cm³/mol. The first-order valence-electron chi connectivity index (χ1n) is 11.5. The third kappa shape index (κ3) is 5.00. The van der Waals surface area contributed by atoms with Crippen LogP contribution in [0.3, 0.4) is 0 Å². The van der Waals surface area contributed by atoms with Gasteiger partial charge in [-0.2, -0.15) is 5.10 Å². The van der Waals surface area contributed by atoms with Gasteiger partial charge >= 0.3 is 0 Å². The van der Waals surface area contributed by atoms with E-state index in [1.165, 1.54) is 0 Å². The Morgan fingerprint density at radius 2 is 1.80 bits per heavy atom. The SMILES string of the molecule is COCC#CC(=O)N1CCC(n2nc(-c3ccc(Oc4ccccc4)cc3)c3cncnc32)CC1. The third-order valence-corrected chi connectivity index (χ3v) is 5.99. The van der Waals surface area contributed by atoms with Crippen molar-refractivity contribution < 1.29 is 14.3 Å². The molecule has 0 aliphatic carbocycles. The number of rotatable bonds is 5. The van der Waals surface area contributed by atoms with Crippen LogP contribution in [0.4, 0.5) is 0 Å². The Morgan fingerprint density at radius 3 is 2.54 bits per heavy atom. The molecule has 0 N–H and O–H groups in total. The average Bonchev–Trinajstić information content (AvgIpc) is 3.30. The van der Waals surface area contributed by atoms with Crippen LogP contribution >= 0.6 is 0 Å². The molecular formula is C27H25N5O3. The Hall–Kier alpha value is -4.22. The molecule has 8 nitrogen and oxygen atoms in total. The number of nitrogens with zero attached hydrogens (tertiary/aromatic N) is 5. The summed E-state index contributed by atoms with van der Waals surface area (Å²) in [5.74, 6) is 6.76. The van der Waals surface area contributed by atoms with Crippen molar-refractivity contribution in [2.24, 2.45) is 0 Å². The van der Waals surface area contributed by atoms with Crippen LogP contribution in [0.1, 0.15) is 18.9 Å². The first-order chi connectivity index (χ1) is 17.2. The minimum Gasteiger partial charge on any atom is -0.457 e. The smallest absolute Gasteiger partial charge is 0.298 e. The number of hydrogen-bond donors (Lipinski definition) is 0. The van der Waals surface area contributed by atoms with Crippen molar-refractivity contribution in [3.8, 4) is 34.6 Å². The Kier molecular flexibility index (Phi) is 6.68. The molecule has 5 rings (SSSR count). The molecule has 2 aromatic carbocycles. The number of likely N-dealkylation sites (tertiary alicyclic amines) is 1. The largest absolute Gasteiger partial charge is 0.457 e. The first-order valence-corrected chi connectivity index (χ1v) is 11.5. The molecule has 176 valence electrons. The Bertz CT molecular complexity index is 1360. The van der Waals surface area contributed by atoms with Gasteiger partial charge in [0.05, 0.1) is 11.4 Å². The molecule has 0 atom stereocenters. The van der Waals surface area contributed by atoms with Crippen molar-refractivity contribution in [2.45, 2.75) is 18.9 Å². The lowest BCUT2D eigenvalue weighted by Crippen LogP contribution is -2.38. The molecule has 1 saturated heterocycles. The highest BCUT2D eigenvalue weighted by Crippen LogP contribution is 2.32. The number of piperidine rings is 1. The Balaban J connectivity index is 1.35. The van der Waals surface area contributed by atoms with Gasteiger partial charge in [0.25, 0.3) is 5.91 Å². The highest BCUT2D eigenvalue weighted by atomic mass is 16.5. The molecule has 3 heterocycles. The van der Waals surface area contributed by atoms with E-state index in [-0.39, 0.29) is 18.6 Å². The summed E-state index contributed by atoms with van der Waals surface area (Å²) in [6, 6.07) is 17.7. The van der Waals surface area contributed by atoms with Crippen LogP contribution in [0.2, 0.25) is 0 Å². The van der Waals surface area contributed by atoms with E-state index in [0.717, 1.165) is 46.6 Å². The molecule has 0 spiro atoms. The molecule has 4 aromatic rings. The molecule has 35 heavy (non-hydrogen) atoms. The van der Waals surface area contributed by atoms with Crippen molar-refractivity contribution in [3.63, 3.8) is 0 Å². The van der Waals surface area contributed by atoms with E-state index in [1.807, 2.05) is 59.3 Å². The van der Waals surface area contributed by atoms with E-state index >= 15 is 0 Å². The van der Waals surface area contributed by atoms with Crippen LogP contribution in [0.5, 0.6) is 11.5 Å².